The summed E-state index contributed by atoms with van der Waals surface area (Å²) in [6.45, 7) is 0. The van der Waals surface area contributed by atoms with E-state index in [2.05, 4.69) is 20.9 Å². The van der Waals surface area contributed by atoms with Gasteiger partial charge in [0, 0.05) is 10.7 Å². The molecule has 1 aromatic rings. The third-order valence-electron chi connectivity index (χ3n) is 1.05. The second-order valence-corrected chi connectivity index (χ2v) is 5.16. The van der Waals surface area contributed by atoms with Crippen LogP contribution < -0.4 is 0 Å². The van der Waals surface area contributed by atoms with Crippen molar-refractivity contribution >= 4 is 35.7 Å². The molecule has 0 saturated heterocycles. The Hall–Kier alpha value is -0.330. The Labute approximate surface area is 81.7 Å². The Morgan fingerprint density at radius 2 is 2.08 bits per heavy atom. The van der Waals surface area contributed by atoms with Gasteiger partial charge in [-0.3, -0.25) is 0 Å². The second kappa shape index (κ2) is 3.20. The van der Waals surface area contributed by atoms with E-state index in [9.17, 15) is 8.42 Å². The van der Waals surface area contributed by atoms with Crippen LogP contribution in [-0.4, -0.2) is 18.5 Å². The van der Waals surface area contributed by atoms with Gasteiger partial charge >= 0.3 is 0 Å². The zero-order valence-corrected chi connectivity index (χ0v) is 8.69. The lowest BCUT2D eigenvalue weighted by Crippen LogP contribution is -1.94. The topological polar surface area (TPSA) is 67.3 Å². The Morgan fingerprint density at radius 3 is 2.50 bits per heavy atom. The first-order valence-electron chi connectivity index (χ1n) is 2.71. The lowest BCUT2D eigenvalue weighted by atomic mass is 10.5. The van der Waals surface area contributed by atoms with Crippen molar-refractivity contribution in [3.8, 4) is 5.75 Å². The summed E-state index contributed by atoms with van der Waals surface area (Å²) in [7, 11) is 1.17. The SMILES string of the molecule is O=S(=O)(Cl)c1ccc(O)c(Br)n1. The van der Waals surface area contributed by atoms with Crippen LogP contribution in [0.3, 0.4) is 0 Å². The average molecular weight is 273 g/mol. The quantitative estimate of drug-likeness (QED) is 0.621. The summed E-state index contributed by atoms with van der Waals surface area (Å²) in [6, 6.07) is 2.30. The van der Waals surface area contributed by atoms with Gasteiger partial charge in [0.25, 0.3) is 9.05 Å². The molecule has 1 aromatic heterocycles. The number of hydrogen-bond acceptors (Lipinski definition) is 4. The average Bonchev–Trinajstić information content (AvgIpc) is 1.92. The highest BCUT2D eigenvalue weighted by molar-refractivity contribution is 9.10. The Balaban J connectivity index is 3.33. The highest BCUT2D eigenvalue weighted by atomic mass is 79.9. The third-order valence-corrected chi connectivity index (χ3v) is 2.84. The summed E-state index contributed by atoms with van der Waals surface area (Å²) < 4.78 is 21.4. The van der Waals surface area contributed by atoms with E-state index in [-0.39, 0.29) is 15.4 Å². The molecule has 1 rings (SSSR count). The molecule has 0 fully saturated rings. The molecular weight excluding hydrogens is 269 g/mol. The van der Waals surface area contributed by atoms with E-state index in [4.69, 9.17) is 15.8 Å². The zero-order chi connectivity index (χ0) is 9.35. The molecule has 1 heterocycles. The predicted octanol–water partition coefficient (Wildman–Crippen LogP) is 1.48. The van der Waals surface area contributed by atoms with Crippen LogP contribution in [0.15, 0.2) is 21.8 Å². The Bertz CT molecular complexity index is 405. The first-order valence-corrected chi connectivity index (χ1v) is 5.81. The lowest BCUT2D eigenvalue weighted by molar-refractivity contribution is 0.467. The van der Waals surface area contributed by atoms with Gasteiger partial charge in [-0.1, -0.05) is 0 Å². The molecule has 0 aliphatic carbocycles. The molecule has 0 spiro atoms. The molecule has 0 unspecified atom stereocenters. The van der Waals surface area contributed by atoms with Gasteiger partial charge < -0.3 is 5.11 Å². The summed E-state index contributed by atoms with van der Waals surface area (Å²) >= 11 is 2.85. The van der Waals surface area contributed by atoms with Crippen molar-refractivity contribution in [3.05, 3.63) is 16.7 Å². The monoisotopic (exact) mass is 271 g/mol. The van der Waals surface area contributed by atoms with Gasteiger partial charge in [-0.05, 0) is 28.1 Å². The molecule has 0 aliphatic heterocycles. The lowest BCUT2D eigenvalue weighted by Gasteiger charge is -1.97. The molecule has 0 aliphatic rings. The first kappa shape index (κ1) is 9.76. The number of nitrogens with zero attached hydrogens (tertiary/aromatic N) is 1. The van der Waals surface area contributed by atoms with Gasteiger partial charge in [-0.15, -0.1) is 0 Å². The van der Waals surface area contributed by atoms with Crippen molar-refractivity contribution < 1.29 is 13.5 Å². The molecule has 12 heavy (non-hydrogen) atoms. The van der Waals surface area contributed by atoms with Crippen LogP contribution in [0.2, 0.25) is 0 Å². The van der Waals surface area contributed by atoms with Crippen LogP contribution in [-0.2, 0) is 9.05 Å². The predicted molar refractivity (Wildman–Crippen MR) is 46.6 cm³/mol. The molecule has 66 valence electrons. The van der Waals surface area contributed by atoms with E-state index < -0.39 is 9.05 Å². The Morgan fingerprint density at radius 1 is 1.50 bits per heavy atom. The van der Waals surface area contributed by atoms with E-state index in [0.29, 0.717) is 0 Å². The molecule has 0 amide bonds. The van der Waals surface area contributed by atoms with Crippen LogP contribution in [0.5, 0.6) is 5.75 Å². The van der Waals surface area contributed by atoms with Gasteiger partial charge in [0.15, 0.2) is 5.03 Å². The number of aromatic nitrogens is 1. The van der Waals surface area contributed by atoms with Crippen LogP contribution >= 0.6 is 26.6 Å². The molecule has 7 heteroatoms. The largest absolute Gasteiger partial charge is 0.505 e. The summed E-state index contributed by atoms with van der Waals surface area (Å²) in [5.41, 5.74) is 0. The minimum absolute atomic E-state index is 0.0456. The van der Waals surface area contributed by atoms with Crippen LogP contribution in [0, 0.1) is 0 Å². The first-order chi connectivity index (χ1) is 5.41. The minimum atomic E-state index is -3.82. The van der Waals surface area contributed by atoms with Crippen molar-refractivity contribution in [2.45, 2.75) is 5.03 Å². The van der Waals surface area contributed by atoms with Gasteiger partial charge in [0.05, 0.1) is 0 Å². The summed E-state index contributed by atoms with van der Waals surface area (Å²) in [4.78, 5) is 3.49. The number of pyridine rings is 1. The summed E-state index contributed by atoms with van der Waals surface area (Å²) in [5.74, 6) is -0.140. The van der Waals surface area contributed by atoms with Gasteiger partial charge in [-0.25, -0.2) is 13.4 Å². The second-order valence-electron chi connectivity index (χ2n) is 1.90. The van der Waals surface area contributed by atoms with Crippen molar-refractivity contribution in [2.75, 3.05) is 0 Å². The zero-order valence-electron chi connectivity index (χ0n) is 5.53. The van der Waals surface area contributed by atoms with Crippen LogP contribution in [0.4, 0.5) is 0 Å². The molecule has 0 saturated carbocycles. The fraction of sp³-hybridized carbons (Fsp3) is 0. The van der Waals surface area contributed by atoms with E-state index in [1.54, 1.807) is 0 Å². The fourth-order valence-corrected chi connectivity index (χ4v) is 1.68. The van der Waals surface area contributed by atoms with Crippen molar-refractivity contribution in [2.24, 2.45) is 0 Å². The smallest absolute Gasteiger partial charge is 0.278 e. The molecular formula is C5H3BrClNO3S. The maximum Gasteiger partial charge on any atom is 0.278 e. The summed E-state index contributed by atoms with van der Waals surface area (Å²) in [6.07, 6.45) is 0. The van der Waals surface area contributed by atoms with E-state index in [1.165, 1.54) is 6.07 Å². The van der Waals surface area contributed by atoms with E-state index in [0.717, 1.165) is 6.07 Å². The highest BCUT2D eigenvalue weighted by Gasteiger charge is 2.13. The number of rotatable bonds is 1. The number of halogens is 2. The van der Waals surface area contributed by atoms with Crippen LogP contribution in [0.1, 0.15) is 0 Å². The fourth-order valence-electron chi connectivity index (χ4n) is 0.546. The Kier molecular flexibility index (Phi) is 2.60. The number of hydrogen-bond donors (Lipinski definition) is 1. The molecule has 4 nitrogen and oxygen atoms in total. The molecule has 0 atom stereocenters. The third kappa shape index (κ3) is 2.09. The minimum Gasteiger partial charge on any atom is -0.505 e. The van der Waals surface area contributed by atoms with Crippen LogP contribution in [0.25, 0.3) is 0 Å². The number of aromatic hydroxyl groups is 1. The van der Waals surface area contributed by atoms with Crippen molar-refractivity contribution in [1.29, 1.82) is 0 Å². The maximum atomic E-state index is 10.7. The molecule has 1 N–H and O–H groups in total. The normalized spacial score (nSPS) is 11.5. The molecule has 0 bridgehead atoms. The summed E-state index contributed by atoms with van der Waals surface area (Å²) in [5, 5.41) is 8.66. The molecule has 0 radical (unpaired) electrons. The highest BCUT2D eigenvalue weighted by Crippen LogP contribution is 2.23. The maximum absolute atomic E-state index is 10.7. The van der Waals surface area contributed by atoms with Gasteiger partial charge in [0.2, 0.25) is 0 Å². The van der Waals surface area contributed by atoms with Crippen molar-refractivity contribution in [3.63, 3.8) is 0 Å². The van der Waals surface area contributed by atoms with Gasteiger partial charge in [-0.2, -0.15) is 0 Å². The van der Waals surface area contributed by atoms with E-state index in [1.807, 2.05) is 0 Å². The standard InChI is InChI=1S/C5H3BrClNO3S/c6-5-3(9)1-2-4(8-5)12(7,10)11/h1-2,9H. The van der Waals surface area contributed by atoms with E-state index >= 15 is 0 Å². The van der Waals surface area contributed by atoms with Gasteiger partial charge in [0.1, 0.15) is 10.4 Å². The molecule has 0 aromatic carbocycles. The van der Waals surface area contributed by atoms with Crippen molar-refractivity contribution in [1.82, 2.24) is 4.98 Å².